The number of nitrogens with one attached hydrogen (secondary N) is 3. The van der Waals surface area contributed by atoms with Gasteiger partial charge in [0, 0.05) is 29.9 Å². The predicted molar refractivity (Wildman–Crippen MR) is 124 cm³/mol. The molecule has 0 saturated heterocycles. The van der Waals surface area contributed by atoms with Crippen LogP contribution in [0, 0.1) is 0 Å². The van der Waals surface area contributed by atoms with Gasteiger partial charge < -0.3 is 31.6 Å². The number of para-hydroxylation sites is 1. The van der Waals surface area contributed by atoms with Gasteiger partial charge in [-0.1, -0.05) is 48.5 Å². The number of rotatable bonds is 11. The Labute approximate surface area is 195 Å². The van der Waals surface area contributed by atoms with E-state index >= 15 is 0 Å². The van der Waals surface area contributed by atoms with Gasteiger partial charge in [0.1, 0.15) is 12.1 Å². The zero-order chi connectivity index (χ0) is 24.7. The van der Waals surface area contributed by atoms with E-state index in [-0.39, 0.29) is 12.8 Å². The first kappa shape index (κ1) is 24.5. The van der Waals surface area contributed by atoms with Gasteiger partial charge in [0.2, 0.25) is 11.8 Å². The molecule has 0 aliphatic rings. The summed E-state index contributed by atoms with van der Waals surface area (Å²) in [6, 6.07) is 12.5. The van der Waals surface area contributed by atoms with Crippen molar-refractivity contribution in [1.29, 1.82) is 0 Å². The molecule has 3 rings (SSSR count). The standard InChI is InChI=1S/C24H26N4O6/c25-17(12-21(29)30)22(31)27-19(10-14-6-2-1-3-7-14)23(32)28-20(24(33)34)11-15-13-26-18-9-5-4-8-16(15)18/h1-9,13,17,19-20,26H,10-12,25H2,(H,27,31)(H,28,32)(H,29,30)(H,33,34)/t17-,19-,20-/m0/s1. The summed E-state index contributed by atoms with van der Waals surface area (Å²) in [6.07, 6.45) is 1.18. The number of carbonyl (C=O) groups is 4. The second kappa shape index (κ2) is 11.1. The number of nitrogens with two attached hydrogens (primary N) is 1. The van der Waals surface area contributed by atoms with Gasteiger partial charge in [-0.05, 0) is 17.2 Å². The third kappa shape index (κ3) is 6.42. The number of benzene rings is 2. The van der Waals surface area contributed by atoms with E-state index in [1.807, 2.05) is 24.3 Å². The Hall–Kier alpha value is -4.18. The molecule has 0 spiro atoms. The molecule has 2 amide bonds. The van der Waals surface area contributed by atoms with Crippen LogP contribution in [0.25, 0.3) is 10.9 Å². The molecule has 0 radical (unpaired) electrons. The maximum Gasteiger partial charge on any atom is 0.326 e. The minimum absolute atomic E-state index is 0.0234. The number of aromatic nitrogens is 1. The average Bonchev–Trinajstić information content (AvgIpc) is 3.21. The van der Waals surface area contributed by atoms with Crippen molar-refractivity contribution in [3.05, 3.63) is 71.9 Å². The molecule has 178 valence electrons. The number of carbonyl (C=O) groups excluding carboxylic acids is 2. The van der Waals surface area contributed by atoms with Crippen LogP contribution >= 0.6 is 0 Å². The summed E-state index contributed by atoms with van der Waals surface area (Å²) in [4.78, 5) is 51.4. The van der Waals surface area contributed by atoms with Gasteiger partial charge in [-0.25, -0.2) is 4.79 Å². The van der Waals surface area contributed by atoms with Crippen LogP contribution in [0.2, 0.25) is 0 Å². The zero-order valence-corrected chi connectivity index (χ0v) is 18.2. The lowest BCUT2D eigenvalue weighted by atomic mass is 10.0. The number of H-pyrrole nitrogens is 1. The molecule has 0 fully saturated rings. The summed E-state index contributed by atoms with van der Waals surface area (Å²) in [5.74, 6) is -4.02. The van der Waals surface area contributed by atoms with E-state index in [1.165, 1.54) is 0 Å². The van der Waals surface area contributed by atoms with Crippen LogP contribution in [-0.2, 0) is 32.0 Å². The van der Waals surface area contributed by atoms with Gasteiger partial charge >= 0.3 is 11.9 Å². The first-order valence-electron chi connectivity index (χ1n) is 10.6. The molecule has 0 bridgehead atoms. The number of aromatic amines is 1. The SMILES string of the molecule is N[C@@H](CC(=O)O)C(=O)N[C@@H](Cc1ccccc1)C(=O)N[C@@H](Cc1c[nH]c2ccccc12)C(=O)O. The topological polar surface area (TPSA) is 175 Å². The number of hydrogen-bond donors (Lipinski definition) is 6. The molecule has 0 unspecified atom stereocenters. The van der Waals surface area contributed by atoms with E-state index in [1.54, 1.807) is 36.5 Å². The summed E-state index contributed by atoms with van der Waals surface area (Å²) >= 11 is 0. The molecule has 1 aromatic heterocycles. The number of hydrogen-bond acceptors (Lipinski definition) is 5. The van der Waals surface area contributed by atoms with Crippen LogP contribution in [0.4, 0.5) is 0 Å². The van der Waals surface area contributed by atoms with Crippen molar-refractivity contribution >= 4 is 34.7 Å². The molecule has 10 nitrogen and oxygen atoms in total. The lowest BCUT2D eigenvalue weighted by Gasteiger charge is -2.23. The molecule has 1 heterocycles. The molecule has 10 heteroatoms. The zero-order valence-electron chi connectivity index (χ0n) is 18.2. The maximum atomic E-state index is 13.1. The molecule has 0 aliphatic heterocycles. The highest BCUT2D eigenvalue weighted by molar-refractivity contribution is 5.93. The van der Waals surface area contributed by atoms with Crippen molar-refractivity contribution in [1.82, 2.24) is 15.6 Å². The van der Waals surface area contributed by atoms with Gasteiger partial charge in [0.05, 0.1) is 12.5 Å². The Kier molecular flexibility index (Phi) is 7.99. The van der Waals surface area contributed by atoms with Crippen LogP contribution < -0.4 is 16.4 Å². The smallest absolute Gasteiger partial charge is 0.326 e. The molecule has 34 heavy (non-hydrogen) atoms. The van der Waals surface area contributed by atoms with Gasteiger partial charge in [0.15, 0.2) is 0 Å². The minimum atomic E-state index is -1.36. The highest BCUT2D eigenvalue weighted by atomic mass is 16.4. The van der Waals surface area contributed by atoms with Gasteiger partial charge in [0.25, 0.3) is 0 Å². The van der Waals surface area contributed by atoms with Crippen molar-refractivity contribution in [2.45, 2.75) is 37.4 Å². The first-order chi connectivity index (χ1) is 16.2. The summed E-state index contributed by atoms with van der Waals surface area (Å²) in [5, 5.41) is 24.4. The van der Waals surface area contributed by atoms with E-state index < -0.39 is 48.3 Å². The monoisotopic (exact) mass is 466 g/mol. The Balaban J connectivity index is 1.77. The second-order valence-corrected chi connectivity index (χ2v) is 7.92. The van der Waals surface area contributed by atoms with Crippen LogP contribution in [0.1, 0.15) is 17.5 Å². The molecule has 7 N–H and O–H groups in total. The van der Waals surface area contributed by atoms with E-state index in [4.69, 9.17) is 10.8 Å². The highest BCUT2D eigenvalue weighted by Crippen LogP contribution is 2.19. The fourth-order valence-corrected chi connectivity index (χ4v) is 3.61. The molecule has 3 aromatic rings. The molecular weight excluding hydrogens is 440 g/mol. The van der Waals surface area contributed by atoms with Crippen molar-refractivity contribution in [3.63, 3.8) is 0 Å². The van der Waals surface area contributed by atoms with Gasteiger partial charge in [-0.2, -0.15) is 0 Å². The van der Waals surface area contributed by atoms with E-state index in [0.29, 0.717) is 0 Å². The minimum Gasteiger partial charge on any atom is -0.481 e. The molecule has 2 aromatic carbocycles. The van der Waals surface area contributed by atoms with E-state index in [0.717, 1.165) is 22.0 Å². The van der Waals surface area contributed by atoms with Crippen LogP contribution in [0.15, 0.2) is 60.8 Å². The number of carboxylic acids is 2. The largest absolute Gasteiger partial charge is 0.481 e. The lowest BCUT2D eigenvalue weighted by Crippen LogP contribution is -2.55. The van der Waals surface area contributed by atoms with Gasteiger partial charge in [-0.3, -0.25) is 14.4 Å². The van der Waals surface area contributed by atoms with E-state index in [9.17, 15) is 24.3 Å². The Morgan fingerprint density at radius 2 is 1.50 bits per heavy atom. The highest BCUT2D eigenvalue weighted by Gasteiger charge is 2.29. The summed E-state index contributed by atoms with van der Waals surface area (Å²) < 4.78 is 0. The number of carboxylic acid groups (broad SMARTS) is 2. The van der Waals surface area contributed by atoms with Crippen molar-refractivity contribution in [3.8, 4) is 0 Å². The van der Waals surface area contributed by atoms with Crippen molar-refractivity contribution in [2.24, 2.45) is 5.73 Å². The Morgan fingerprint density at radius 3 is 2.18 bits per heavy atom. The Bertz CT molecular complexity index is 1180. The molecule has 0 aliphatic carbocycles. The van der Waals surface area contributed by atoms with Crippen molar-refractivity contribution < 1.29 is 29.4 Å². The fraction of sp³-hybridized carbons (Fsp3) is 0.250. The van der Waals surface area contributed by atoms with Gasteiger partial charge in [-0.15, -0.1) is 0 Å². The second-order valence-electron chi connectivity index (χ2n) is 7.92. The third-order valence-electron chi connectivity index (χ3n) is 5.36. The summed E-state index contributed by atoms with van der Waals surface area (Å²) in [7, 11) is 0. The number of aliphatic carboxylic acids is 2. The fourth-order valence-electron chi connectivity index (χ4n) is 3.61. The third-order valence-corrected chi connectivity index (χ3v) is 5.36. The summed E-state index contributed by atoms with van der Waals surface area (Å²) in [5.41, 5.74) is 7.91. The van der Waals surface area contributed by atoms with Crippen LogP contribution in [-0.4, -0.2) is 57.1 Å². The summed E-state index contributed by atoms with van der Waals surface area (Å²) in [6.45, 7) is 0. The molecular formula is C24H26N4O6. The Morgan fingerprint density at radius 1 is 0.853 bits per heavy atom. The maximum absolute atomic E-state index is 13.1. The predicted octanol–water partition coefficient (Wildman–Crippen LogP) is 0.809. The van der Waals surface area contributed by atoms with E-state index in [2.05, 4.69) is 15.6 Å². The normalized spacial score (nSPS) is 13.6. The number of amides is 2. The lowest BCUT2D eigenvalue weighted by molar-refractivity contribution is -0.142. The first-order valence-corrected chi connectivity index (χ1v) is 10.6. The van der Waals surface area contributed by atoms with Crippen LogP contribution in [0.5, 0.6) is 0 Å². The number of fused-ring (bicyclic) bond motifs is 1. The molecule has 0 saturated carbocycles. The molecule has 3 atom stereocenters. The van der Waals surface area contributed by atoms with Crippen molar-refractivity contribution in [2.75, 3.05) is 0 Å². The average molecular weight is 466 g/mol. The quantitative estimate of drug-likeness (QED) is 0.242. The van der Waals surface area contributed by atoms with Crippen LogP contribution in [0.3, 0.4) is 0 Å².